The first-order chi connectivity index (χ1) is 11.6. The second-order valence-electron chi connectivity index (χ2n) is 5.20. The van der Waals surface area contributed by atoms with Gasteiger partial charge < -0.3 is 4.74 Å². The summed E-state index contributed by atoms with van der Waals surface area (Å²) in [6.45, 7) is 5.81. The Bertz CT molecular complexity index is 741. The molecule has 24 heavy (non-hydrogen) atoms. The zero-order chi connectivity index (χ0) is 17.4. The summed E-state index contributed by atoms with van der Waals surface area (Å²) in [6.07, 6.45) is 1.79. The summed E-state index contributed by atoms with van der Waals surface area (Å²) in [5.74, 6) is -0.294. The fourth-order valence-electron chi connectivity index (χ4n) is 2.15. The summed E-state index contributed by atoms with van der Waals surface area (Å²) in [7, 11) is 0. The van der Waals surface area contributed by atoms with Gasteiger partial charge in [-0.1, -0.05) is 49.1 Å². The van der Waals surface area contributed by atoms with Crippen molar-refractivity contribution in [2.24, 2.45) is 0 Å². The molecular weight excluding hydrogens is 304 g/mol. The molecule has 0 aliphatic carbocycles. The van der Waals surface area contributed by atoms with Crippen LogP contribution in [0.15, 0.2) is 61.2 Å². The maximum atomic E-state index is 12.2. The lowest BCUT2D eigenvalue weighted by atomic mass is 10.1. The normalized spacial score (nSPS) is 9.88. The van der Waals surface area contributed by atoms with E-state index >= 15 is 0 Å². The highest BCUT2D eigenvalue weighted by atomic mass is 16.5. The van der Waals surface area contributed by atoms with E-state index in [0.29, 0.717) is 17.9 Å². The molecule has 0 bridgehead atoms. The Kier molecular flexibility index (Phi) is 6.14. The number of hydrogen-bond acceptors (Lipinski definition) is 3. The van der Waals surface area contributed by atoms with Gasteiger partial charge >= 0.3 is 0 Å². The monoisotopic (exact) mass is 324 g/mol. The minimum absolute atomic E-state index is 0.196. The van der Waals surface area contributed by atoms with Crippen LogP contribution in [0.2, 0.25) is 0 Å². The van der Waals surface area contributed by atoms with Crippen LogP contribution in [0, 0.1) is 6.92 Å². The van der Waals surface area contributed by atoms with Gasteiger partial charge in [-0.2, -0.15) is 0 Å². The summed E-state index contributed by atoms with van der Waals surface area (Å²) in [5, 5.41) is 0. The van der Waals surface area contributed by atoms with E-state index in [9.17, 15) is 9.59 Å². The highest BCUT2D eigenvalue weighted by Gasteiger charge is 2.13. The molecule has 0 aliphatic rings. The van der Waals surface area contributed by atoms with Crippen LogP contribution in [0.3, 0.4) is 0 Å². The first kappa shape index (κ1) is 17.3. The van der Waals surface area contributed by atoms with Gasteiger partial charge in [0.15, 0.2) is 0 Å². The van der Waals surface area contributed by atoms with Crippen LogP contribution in [-0.2, 0) is 11.2 Å². The van der Waals surface area contributed by atoms with Crippen molar-refractivity contribution in [2.75, 3.05) is 6.61 Å². The predicted octanol–water partition coefficient (Wildman–Crippen LogP) is 2.56. The number of amides is 2. The molecule has 5 nitrogen and oxygen atoms in total. The van der Waals surface area contributed by atoms with Crippen molar-refractivity contribution >= 4 is 11.8 Å². The number of hydrazine groups is 1. The van der Waals surface area contributed by atoms with Crippen molar-refractivity contribution < 1.29 is 14.3 Å². The van der Waals surface area contributed by atoms with Gasteiger partial charge in [0.1, 0.15) is 12.4 Å². The summed E-state index contributed by atoms with van der Waals surface area (Å²) in [4.78, 5) is 24.2. The van der Waals surface area contributed by atoms with Crippen molar-refractivity contribution in [3.63, 3.8) is 0 Å². The van der Waals surface area contributed by atoms with Crippen molar-refractivity contribution in [3.05, 3.63) is 77.9 Å². The largest absolute Gasteiger partial charge is 0.489 e. The minimum Gasteiger partial charge on any atom is -0.489 e. The molecule has 2 aromatic rings. The standard InChI is InChI=1S/C19H20N2O3/c1-3-12-24-17-11-7-6-10-16(17)19(23)21-20-18(22)13-15-9-5-4-8-14(15)2/h3-11H,1,12-13H2,2H3,(H,20,22)(H,21,23). The van der Waals surface area contributed by atoms with E-state index in [0.717, 1.165) is 11.1 Å². The van der Waals surface area contributed by atoms with Gasteiger partial charge in [-0.05, 0) is 30.2 Å². The third kappa shape index (κ3) is 4.71. The van der Waals surface area contributed by atoms with E-state index < -0.39 is 5.91 Å². The molecule has 2 amide bonds. The van der Waals surface area contributed by atoms with E-state index in [-0.39, 0.29) is 12.3 Å². The molecule has 2 rings (SSSR count). The molecule has 0 aromatic heterocycles. The van der Waals surface area contributed by atoms with E-state index in [4.69, 9.17) is 4.74 Å². The molecule has 2 aromatic carbocycles. The van der Waals surface area contributed by atoms with Crippen molar-refractivity contribution in [3.8, 4) is 5.75 Å². The van der Waals surface area contributed by atoms with Gasteiger partial charge in [-0.15, -0.1) is 0 Å². The van der Waals surface area contributed by atoms with Gasteiger partial charge in [-0.3, -0.25) is 20.4 Å². The van der Waals surface area contributed by atoms with Crippen LogP contribution < -0.4 is 15.6 Å². The number of rotatable bonds is 6. The molecule has 0 unspecified atom stereocenters. The minimum atomic E-state index is -0.437. The Balaban J connectivity index is 1.94. The smallest absolute Gasteiger partial charge is 0.273 e. The first-order valence-electron chi connectivity index (χ1n) is 7.58. The number of hydrogen-bond donors (Lipinski definition) is 2. The summed E-state index contributed by atoms with van der Waals surface area (Å²) >= 11 is 0. The Labute approximate surface area is 141 Å². The summed E-state index contributed by atoms with van der Waals surface area (Å²) in [5.41, 5.74) is 7.13. The van der Waals surface area contributed by atoms with Crippen molar-refractivity contribution in [1.29, 1.82) is 0 Å². The van der Waals surface area contributed by atoms with E-state index in [1.807, 2.05) is 31.2 Å². The zero-order valence-electron chi connectivity index (χ0n) is 13.5. The Morgan fingerprint density at radius 3 is 2.54 bits per heavy atom. The molecule has 0 saturated carbocycles. The van der Waals surface area contributed by atoms with Gasteiger partial charge in [0.05, 0.1) is 12.0 Å². The zero-order valence-corrected chi connectivity index (χ0v) is 13.5. The molecule has 124 valence electrons. The molecule has 0 radical (unpaired) electrons. The van der Waals surface area contributed by atoms with Gasteiger partial charge in [-0.25, -0.2) is 0 Å². The van der Waals surface area contributed by atoms with Crippen LogP contribution in [0.5, 0.6) is 5.75 Å². The lowest BCUT2D eigenvalue weighted by Gasteiger charge is -2.11. The molecule has 0 heterocycles. The molecule has 0 saturated heterocycles. The SMILES string of the molecule is C=CCOc1ccccc1C(=O)NNC(=O)Cc1ccccc1C. The molecule has 2 N–H and O–H groups in total. The van der Waals surface area contributed by atoms with Crippen LogP contribution in [-0.4, -0.2) is 18.4 Å². The lowest BCUT2D eigenvalue weighted by Crippen LogP contribution is -2.42. The Hall–Kier alpha value is -3.08. The highest BCUT2D eigenvalue weighted by molar-refractivity contribution is 5.98. The Morgan fingerprint density at radius 2 is 1.79 bits per heavy atom. The highest BCUT2D eigenvalue weighted by Crippen LogP contribution is 2.17. The Morgan fingerprint density at radius 1 is 1.08 bits per heavy atom. The lowest BCUT2D eigenvalue weighted by molar-refractivity contribution is -0.121. The molecule has 0 aliphatic heterocycles. The number of nitrogens with one attached hydrogen (secondary N) is 2. The first-order valence-corrected chi connectivity index (χ1v) is 7.58. The van der Waals surface area contributed by atoms with Crippen molar-refractivity contribution in [1.82, 2.24) is 10.9 Å². The van der Waals surface area contributed by atoms with Crippen LogP contribution in [0.1, 0.15) is 21.5 Å². The molecular formula is C19H20N2O3. The fourth-order valence-corrected chi connectivity index (χ4v) is 2.15. The average Bonchev–Trinajstić information content (AvgIpc) is 2.60. The topological polar surface area (TPSA) is 67.4 Å². The number of benzene rings is 2. The third-order valence-electron chi connectivity index (χ3n) is 3.42. The van der Waals surface area contributed by atoms with Gasteiger partial charge in [0.25, 0.3) is 5.91 Å². The number of para-hydroxylation sites is 1. The number of aryl methyl sites for hydroxylation is 1. The van der Waals surface area contributed by atoms with Gasteiger partial charge in [0, 0.05) is 0 Å². The fraction of sp³-hybridized carbons (Fsp3) is 0.158. The summed E-state index contributed by atoms with van der Waals surface area (Å²) in [6, 6.07) is 14.4. The molecule has 0 atom stereocenters. The van der Waals surface area contributed by atoms with Crippen LogP contribution in [0.4, 0.5) is 0 Å². The second-order valence-corrected chi connectivity index (χ2v) is 5.20. The van der Waals surface area contributed by atoms with Crippen LogP contribution in [0.25, 0.3) is 0 Å². The summed E-state index contributed by atoms with van der Waals surface area (Å²) < 4.78 is 5.43. The maximum Gasteiger partial charge on any atom is 0.273 e. The molecule has 0 fully saturated rings. The predicted molar refractivity (Wildman–Crippen MR) is 92.6 cm³/mol. The van der Waals surface area contributed by atoms with Crippen molar-refractivity contribution in [2.45, 2.75) is 13.3 Å². The van der Waals surface area contributed by atoms with Crippen LogP contribution >= 0.6 is 0 Å². The molecule has 5 heteroatoms. The quantitative estimate of drug-likeness (QED) is 0.634. The number of ether oxygens (including phenoxy) is 1. The van der Waals surface area contributed by atoms with E-state index in [2.05, 4.69) is 17.4 Å². The van der Waals surface area contributed by atoms with E-state index in [1.54, 1.807) is 30.3 Å². The maximum absolute atomic E-state index is 12.2. The van der Waals surface area contributed by atoms with E-state index in [1.165, 1.54) is 0 Å². The van der Waals surface area contributed by atoms with Gasteiger partial charge in [0.2, 0.25) is 5.91 Å². The third-order valence-corrected chi connectivity index (χ3v) is 3.42. The number of carbonyl (C=O) groups excluding carboxylic acids is 2. The average molecular weight is 324 g/mol. The molecule has 0 spiro atoms. The number of carbonyl (C=O) groups is 2. The second kappa shape index (κ2) is 8.53.